The minimum absolute atomic E-state index is 0.245. The third kappa shape index (κ3) is 1.85. The quantitative estimate of drug-likeness (QED) is 0.828. The second-order valence-electron chi connectivity index (χ2n) is 5.98. The van der Waals surface area contributed by atoms with E-state index in [4.69, 9.17) is 0 Å². The summed E-state index contributed by atoms with van der Waals surface area (Å²) in [6.45, 7) is 4.64. The van der Waals surface area contributed by atoms with Crippen LogP contribution in [0.4, 0.5) is 0 Å². The van der Waals surface area contributed by atoms with Gasteiger partial charge >= 0.3 is 0 Å². The molecule has 1 saturated heterocycles. The van der Waals surface area contributed by atoms with Gasteiger partial charge in [0.2, 0.25) is 0 Å². The van der Waals surface area contributed by atoms with Crippen molar-refractivity contribution in [2.45, 2.75) is 70.6 Å². The lowest BCUT2D eigenvalue weighted by molar-refractivity contribution is 0.155. The van der Waals surface area contributed by atoms with E-state index in [1.54, 1.807) is 0 Å². The fraction of sp³-hybridized carbons (Fsp3) is 0.733. The molecule has 1 aromatic heterocycles. The largest absolute Gasteiger partial charge is 0.388 e. The molecule has 1 aliphatic heterocycles. The maximum Gasteiger partial charge on any atom is 0.0808 e. The Kier molecular flexibility index (Phi) is 3.10. The number of aromatic nitrogens is 1. The predicted octanol–water partition coefficient (Wildman–Crippen LogP) is 2.76. The molecule has 3 unspecified atom stereocenters. The first kappa shape index (κ1) is 12.1. The number of aliphatic hydroxyl groups excluding tert-OH is 1. The summed E-state index contributed by atoms with van der Waals surface area (Å²) in [5, 5.41) is 12.6. The van der Waals surface area contributed by atoms with Crippen molar-refractivity contribution >= 4 is 0 Å². The van der Waals surface area contributed by atoms with Gasteiger partial charge in [-0.2, -0.15) is 0 Å². The van der Waals surface area contributed by atoms with Crippen LogP contribution >= 0.6 is 0 Å². The van der Waals surface area contributed by atoms with E-state index in [-0.39, 0.29) is 6.10 Å². The molecule has 3 heteroatoms. The first-order valence-corrected chi connectivity index (χ1v) is 7.35. The molecule has 0 aromatic carbocycles. The van der Waals surface area contributed by atoms with Crippen LogP contribution in [0.2, 0.25) is 0 Å². The maximum absolute atomic E-state index is 10.1. The van der Waals surface area contributed by atoms with Crippen LogP contribution in [-0.4, -0.2) is 21.9 Å². The summed E-state index contributed by atoms with van der Waals surface area (Å²) >= 11 is 0. The molecule has 1 aromatic rings. The zero-order valence-corrected chi connectivity index (χ0v) is 11.5. The molecular weight excluding hydrogens is 224 g/mol. The average molecular weight is 248 g/mol. The zero-order valence-electron chi connectivity index (χ0n) is 11.5. The minimum Gasteiger partial charge on any atom is -0.388 e. The molecule has 3 atom stereocenters. The Hall–Kier alpha value is -0.960. The highest BCUT2D eigenvalue weighted by Gasteiger charge is 2.29. The number of fused-ring (bicyclic) bond motifs is 1. The van der Waals surface area contributed by atoms with Gasteiger partial charge in [-0.25, -0.2) is 0 Å². The molecule has 100 valence electrons. The SMILES string of the molecule is CC1CCCC(C)N1n1ccc2c1CCCC2O. The number of piperidine rings is 1. The van der Waals surface area contributed by atoms with Gasteiger partial charge < -0.3 is 10.1 Å². The lowest BCUT2D eigenvalue weighted by Gasteiger charge is -2.42. The Labute approximate surface area is 109 Å². The van der Waals surface area contributed by atoms with Gasteiger partial charge in [-0.1, -0.05) is 0 Å². The molecule has 18 heavy (non-hydrogen) atoms. The van der Waals surface area contributed by atoms with Gasteiger partial charge in [-0.3, -0.25) is 4.68 Å². The lowest BCUT2D eigenvalue weighted by atomic mass is 9.95. The van der Waals surface area contributed by atoms with Crippen LogP contribution in [0, 0.1) is 0 Å². The number of hydrogen-bond acceptors (Lipinski definition) is 2. The molecule has 3 nitrogen and oxygen atoms in total. The lowest BCUT2D eigenvalue weighted by Crippen LogP contribution is -2.51. The van der Waals surface area contributed by atoms with Crippen LogP contribution in [0.3, 0.4) is 0 Å². The summed E-state index contributed by atoms with van der Waals surface area (Å²) < 4.78 is 2.34. The maximum atomic E-state index is 10.1. The molecule has 0 radical (unpaired) electrons. The van der Waals surface area contributed by atoms with Gasteiger partial charge in [0.05, 0.1) is 6.10 Å². The Morgan fingerprint density at radius 2 is 1.83 bits per heavy atom. The minimum atomic E-state index is -0.245. The molecule has 0 saturated carbocycles. The molecule has 0 spiro atoms. The molecule has 2 aliphatic rings. The monoisotopic (exact) mass is 248 g/mol. The van der Waals surface area contributed by atoms with Crippen molar-refractivity contribution in [3.8, 4) is 0 Å². The van der Waals surface area contributed by atoms with E-state index in [9.17, 15) is 5.11 Å². The van der Waals surface area contributed by atoms with Crippen LogP contribution in [0.5, 0.6) is 0 Å². The molecule has 1 fully saturated rings. The van der Waals surface area contributed by atoms with E-state index in [0.29, 0.717) is 12.1 Å². The molecule has 1 N–H and O–H groups in total. The number of nitrogens with zero attached hydrogens (tertiary/aromatic N) is 2. The second kappa shape index (κ2) is 4.61. The Morgan fingerprint density at radius 1 is 1.11 bits per heavy atom. The van der Waals surface area contributed by atoms with E-state index in [2.05, 4.69) is 35.8 Å². The molecular formula is C15H24N2O. The Balaban J connectivity index is 1.96. The third-order valence-corrected chi connectivity index (χ3v) is 4.65. The third-order valence-electron chi connectivity index (χ3n) is 4.65. The van der Waals surface area contributed by atoms with Crippen LogP contribution < -0.4 is 5.01 Å². The van der Waals surface area contributed by atoms with Crippen molar-refractivity contribution < 1.29 is 5.11 Å². The van der Waals surface area contributed by atoms with Crippen LogP contribution in [0.1, 0.15) is 63.3 Å². The summed E-state index contributed by atoms with van der Waals surface area (Å²) in [5.41, 5.74) is 2.50. The molecule has 1 aliphatic carbocycles. The Bertz CT molecular complexity index is 416. The average Bonchev–Trinajstić information content (AvgIpc) is 2.75. The Morgan fingerprint density at radius 3 is 2.56 bits per heavy atom. The van der Waals surface area contributed by atoms with Gasteiger partial charge in [0.1, 0.15) is 0 Å². The summed E-state index contributed by atoms with van der Waals surface area (Å²) in [5.74, 6) is 0. The van der Waals surface area contributed by atoms with E-state index >= 15 is 0 Å². The smallest absolute Gasteiger partial charge is 0.0808 e. The van der Waals surface area contributed by atoms with Crippen LogP contribution in [0.25, 0.3) is 0 Å². The second-order valence-corrected chi connectivity index (χ2v) is 5.98. The fourth-order valence-electron chi connectivity index (χ4n) is 3.70. The van der Waals surface area contributed by atoms with Gasteiger partial charge in [0.25, 0.3) is 0 Å². The van der Waals surface area contributed by atoms with E-state index in [1.807, 2.05) is 0 Å². The van der Waals surface area contributed by atoms with Gasteiger partial charge in [0, 0.05) is 29.5 Å². The van der Waals surface area contributed by atoms with Gasteiger partial charge in [0.15, 0.2) is 0 Å². The van der Waals surface area contributed by atoms with E-state index < -0.39 is 0 Å². The molecule has 2 heterocycles. The fourth-order valence-corrected chi connectivity index (χ4v) is 3.70. The molecule has 0 bridgehead atoms. The number of hydrogen-bond donors (Lipinski definition) is 1. The first-order valence-electron chi connectivity index (χ1n) is 7.35. The summed E-state index contributed by atoms with van der Waals surface area (Å²) in [6.07, 6.45) is 8.94. The summed E-state index contributed by atoms with van der Waals surface area (Å²) in [4.78, 5) is 0. The van der Waals surface area contributed by atoms with Crippen molar-refractivity contribution in [1.82, 2.24) is 4.68 Å². The number of rotatable bonds is 1. The van der Waals surface area contributed by atoms with E-state index in [0.717, 1.165) is 24.8 Å². The van der Waals surface area contributed by atoms with Crippen molar-refractivity contribution in [3.05, 3.63) is 23.5 Å². The predicted molar refractivity (Wildman–Crippen MR) is 73.3 cm³/mol. The molecule has 0 amide bonds. The van der Waals surface area contributed by atoms with Crippen LogP contribution in [-0.2, 0) is 6.42 Å². The summed E-state index contributed by atoms with van der Waals surface area (Å²) in [6, 6.07) is 3.32. The topological polar surface area (TPSA) is 28.4 Å². The highest BCUT2D eigenvalue weighted by Crippen LogP contribution is 2.32. The number of aliphatic hydroxyl groups is 1. The highest BCUT2D eigenvalue weighted by molar-refractivity contribution is 5.29. The van der Waals surface area contributed by atoms with Crippen molar-refractivity contribution in [2.24, 2.45) is 0 Å². The van der Waals surface area contributed by atoms with Crippen molar-refractivity contribution in [3.63, 3.8) is 0 Å². The van der Waals surface area contributed by atoms with Gasteiger partial charge in [-0.15, -0.1) is 0 Å². The molecule has 3 rings (SSSR count). The normalized spacial score (nSPS) is 32.4. The standard InChI is InChI=1S/C15H24N2O/c1-11-5-3-6-12(2)17(11)16-10-9-13-14(16)7-4-8-15(13)18/h9-12,15,18H,3-8H2,1-2H3. The van der Waals surface area contributed by atoms with E-state index in [1.165, 1.54) is 25.0 Å². The highest BCUT2D eigenvalue weighted by atomic mass is 16.3. The summed E-state index contributed by atoms with van der Waals surface area (Å²) in [7, 11) is 0. The first-order chi connectivity index (χ1) is 8.68. The van der Waals surface area contributed by atoms with Gasteiger partial charge in [-0.05, 0) is 58.4 Å². The van der Waals surface area contributed by atoms with Crippen molar-refractivity contribution in [1.29, 1.82) is 0 Å². The van der Waals surface area contributed by atoms with Crippen molar-refractivity contribution in [2.75, 3.05) is 5.01 Å². The van der Waals surface area contributed by atoms with Crippen LogP contribution in [0.15, 0.2) is 12.3 Å². The zero-order chi connectivity index (χ0) is 12.7.